The predicted octanol–water partition coefficient (Wildman–Crippen LogP) is 2.94. The Morgan fingerprint density at radius 2 is 2.25 bits per heavy atom. The van der Waals surface area contributed by atoms with Gasteiger partial charge in [-0.3, -0.25) is 9.59 Å². The van der Waals surface area contributed by atoms with E-state index in [-0.39, 0.29) is 30.1 Å². The zero-order valence-corrected chi connectivity index (χ0v) is 17.1. The van der Waals surface area contributed by atoms with Crippen LogP contribution in [0.3, 0.4) is 0 Å². The molecule has 8 nitrogen and oxygen atoms in total. The third-order valence-corrected chi connectivity index (χ3v) is 6.15. The first-order chi connectivity index (χ1) is 13.3. The highest BCUT2D eigenvalue weighted by molar-refractivity contribution is 7.09. The molecular formula is C19H24N4O4S. The van der Waals surface area contributed by atoms with Crippen molar-refractivity contribution in [2.75, 3.05) is 13.1 Å². The number of carbonyl (C=O) groups excluding carboxylic acids is 2. The molecule has 0 bridgehead atoms. The number of hydrogen-bond acceptors (Lipinski definition) is 8. The van der Waals surface area contributed by atoms with Gasteiger partial charge in [0.1, 0.15) is 10.5 Å². The summed E-state index contributed by atoms with van der Waals surface area (Å²) in [6.07, 6.45) is 2.62. The van der Waals surface area contributed by atoms with Gasteiger partial charge in [0.05, 0.1) is 17.3 Å². The molecule has 0 spiro atoms. The molecule has 150 valence electrons. The summed E-state index contributed by atoms with van der Waals surface area (Å²) < 4.78 is 14.8. The topological polar surface area (TPSA) is 98.4 Å². The molecule has 0 radical (unpaired) electrons. The van der Waals surface area contributed by atoms with Gasteiger partial charge in [-0.25, -0.2) is 0 Å². The van der Waals surface area contributed by atoms with Gasteiger partial charge in [0.25, 0.3) is 0 Å². The summed E-state index contributed by atoms with van der Waals surface area (Å²) >= 11 is 1.29. The van der Waals surface area contributed by atoms with Gasteiger partial charge in [0.2, 0.25) is 5.91 Å². The Bertz CT molecular complexity index is 890. The lowest BCUT2D eigenvalue weighted by molar-refractivity contribution is -0.150. The van der Waals surface area contributed by atoms with Crippen molar-refractivity contribution in [3.63, 3.8) is 0 Å². The van der Waals surface area contributed by atoms with Gasteiger partial charge in [-0.2, -0.15) is 0 Å². The second-order valence-electron chi connectivity index (χ2n) is 8.28. The number of esters is 1. The average Bonchev–Trinajstić information content (AvgIpc) is 3.34. The summed E-state index contributed by atoms with van der Waals surface area (Å²) in [7, 11) is 0. The molecule has 0 aliphatic carbocycles. The van der Waals surface area contributed by atoms with Crippen LogP contribution < -0.4 is 0 Å². The van der Waals surface area contributed by atoms with E-state index in [1.165, 1.54) is 11.5 Å². The molecule has 2 aromatic heterocycles. The lowest BCUT2D eigenvalue weighted by Crippen LogP contribution is -2.40. The highest BCUT2D eigenvalue weighted by Crippen LogP contribution is 2.37. The lowest BCUT2D eigenvalue weighted by Gasteiger charge is -2.32. The molecule has 0 unspecified atom stereocenters. The maximum atomic E-state index is 12.8. The molecule has 9 heteroatoms. The first-order valence-corrected chi connectivity index (χ1v) is 10.4. The van der Waals surface area contributed by atoms with Crippen LogP contribution in [0.15, 0.2) is 10.6 Å². The van der Waals surface area contributed by atoms with Crippen molar-refractivity contribution in [2.45, 2.75) is 58.0 Å². The van der Waals surface area contributed by atoms with Gasteiger partial charge in [-0.15, -0.1) is 5.10 Å². The fourth-order valence-corrected chi connectivity index (χ4v) is 4.80. The molecule has 0 aromatic carbocycles. The van der Waals surface area contributed by atoms with Crippen LogP contribution in [0.4, 0.5) is 0 Å². The number of piperidine rings is 1. The number of ether oxygens (including phenoxy) is 1. The fourth-order valence-electron chi connectivity index (χ4n) is 4.10. The fraction of sp³-hybridized carbons (Fsp3) is 0.632. The van der Waals surface area contributed by atoms with E-state index in [1.54, 1.807) is 0 Å². The van der Waals surface area contributed by atoms with E-state index in [4.69, 9.17) is 9.26 Å². The number of aromatic nitrogens is 3. The van der Waals surface area contributed by atoms with Gasteiger partial charge in [0.15, 0.2) is 5.76 Å². The number of rotatable bonds is 4. The lowest BCUT2D eigenvalue weighted by atomic mass is 9.91. The summed E-state index contributed by atoms with van der Waals surface area (Å²) in [4.78, 5) is 27.6. The number of likely N-dealkylation sites (tertiary alicyclic amines) is 1. The molecule has 4 heterocycles. The minimum atomic E-state index is -0.483. The molecule has 0 saturated carbocycles. The standard InChI is InChI=1S/C19H24N4O4S/c1-11-7-14(27-21-11)17-16(20-22-28-17)12-5-4-6-23(10-12)15(24)8-13-9-19(2,3)26-18(13)25/h7,12-13H,4-6,8-10H2,1-3H3/t12-,13-/m0/s1. The van der Waals surface area contributed by atoms with Crippen LogP contribution in [0.25, 0.3) is 10.6 Å². The summed E-state index contributed by atoms with van der Waals surface area (Å²) in [6, 6.07) is 1.87. The Hall–Kier alpha value is -2.29. The highest BCUT2D eigenvalue weighted by Gasteiger charge is 2.42. The van der Waals surface area contributed by atoms with E-state index in [2.05, 4.69) is 14.7 Å². The van der Waals surface area contributed by atoms with Crippen LogP contribution in [0.2, 0.25) is 0 Å². The van der Waals surface area contributed by atoms with Crippen LogP contribution in [0.5, 0.6) is 0 Å². The highest BCUT2D eigenvalue weighted by atomic mass is 32.1. The molecule has 2 aliphatic rings. The van der Waals surface area contributed by atoms with Crippen LogP contribution in [-0.2, 0) is 14.3 Å². The van der Waals surface area contributed by atoms with Gasteiger partial charge < -0.3 is 14.2 Å². The minimum Gasteiger partial charge on any atom is -0.459 e. The monoisotopic (exact) mass is 404 g/mol. The van der Waals surface area contributed by atoms with Crippen molar-refractivity contribution in [2.24, 2.45) is 5.92 Å². The molecule has 2 atom stereocenters. The van der Waals surface area contributed by atoms with Crippen LogP contribution in [0, 0.1) is 12.8 Å². The van der Waals surface area contributed by atoms with E-state index in [0.717, 1.165) is 29.1 Å². The molecule has 4 rings (SSSR count). The Morgan fingerprint density at radius 3 is 2.93 bits per heavy atom. The van der Waals surface area contributed by atoms with Crippen molar-refractivity contribution < 1.29 is 18.8 Å². The Balaban J connectivity index is 1.45. The Kier molecular flexibility index (Phi) is 4.95. The quantitative estimate of drug-likeness (QED) is 0.723. The van der Waals surface area contributed by atoms with E-state index in [1.807, 2.05) is 31.7 Å². The van der Waals surface area contributed by atoms with Crippen molar-refractivity contribution in [1.29, 1.82) is 0 Å². The number of aryl methyl sites for hydroxylation is 1. The number of carbonyl (C=O) groups is 2. The maximum Gasteiger partial charge on any atom is 0.310 e. The third kappa shape index (κ3) is 3.80. The molecule has 28 heavy (non-hydrogen) atoms. The number of amides is 1. The van der Waals surface area contributed by atoms with Gasteiger partial charge in [-0.05, 0) is 45.1 Å². The van der Waals surface area contributed by atoms with Crippen molar-refractivity contribution in [3.8, 4) is 10.6 Å². The van der Waals surface area contributed by atoms with Gasteiger partial charge >= 0.3 is 5.97 Å². The summed E-state index contributed by atoms with van der Waals surface area (Å²) in [5.41, 5.74) is 1.18. The summed E-state index contributed by atoms with van der Waals surface area (Å²) in [5, 5.41) is 8.27. The van der Waals surface area contributed by atoms with E-state index in [9.17, 15) is 9.59 Å². The number of nitrogens with zero attached hydrogens (tertiary/aromatic N) is 4. The summed E-state index contributed by atoms with van der Waals surface area (Å²) in [5.74, 6) is 0.158. The average molecular weight is 404 g/mol. The van der Waals surface area contributed by atoms with Crippen LogP contribution >= 0.6 is 11.5 Å². The normalized spacial score (nSPS) is 24.4. The van der Waals surface area contributed by atoms with Gasteiger partial charge in [0, 0.05) is 37.9 Å². The molecule has 2 fully saturated rings. The first-order valence-electron chi connectivity index (χ1n) is 9.59. The van der Waals surface area contributed by atoms with Crippen molar-refractivity contribution >= 4 is 23.4 Å². The number of hydrogen-bond donors (Lipinski definition) is 0. The largest absolute Gasteiger partial charge is 0.459 e. The third-order valence-electron chi connectivity index (χ3n) is 5.40. The summed E-state index contributed by atoms with van der Waals surface area (Å²) in [6.45, 7) is 6.92. The van der Waals surface area contributed by atoms with Crippen LogP contribution in [-0.4, -0.2) is 50.2 Å². The molecular weight excluding hydrogens is 380 g/mol. The predicted molar refractivity (Wildman–Crippen MR) is 102 cm³/mol. The van der Waals surface area contributed by atoms with Crippen LogP contribution in [0.1, 0.15) is 56.8 Å². The van der Waals surface area contributed by atoms with E-state index >= 15 is 0 Å². The Labute approximate surface area is 167 Å². The molecule has 0 N–H and O–H groups in total. The smallest absolute Gasteiger partial charge is 0.310 e. The van der Waals surface area contributed by atoms with Crippen molar-refractivity contribution in [1.82, 2.24) is 19.6 Å². The van der Waals surface area contributed by atoms with E-state index in [0.29, 0.717) is 25.3 Å². The minimum absolute atomic E-state index is 0.00426. The first kappa shape index (κ1) is 19.0. The van der Waals surface area contributed by atoms with Gasteiger partial charge in [-0.1, -0.05) is 9.64 Å². The van der Waals surface area contributed by atoms with E-state index < -0.39 is 5.60 Å². The second-order valence-corrected chi connectivity index (χ2v) is 9.04. The zero-order valence-electron chi connectivity index (χ0n) is 16.3. The maximum absolute atomic E-state index is 12.8. The van der Waals surface area contributed by atoms with Crippen molar-refractivity contribution in [3.05, 3.63) is 17.5 Å². The molecule has 2 saturated heterocycles. The Morgan fingerprint density at radius 1 is 1.43 bits per heavy atom. The molecule has 2 aliphatic heterocycles. The number of cyclic esters (lactones) is 1. The molecule has 1 amide bonds. The second kappa shape index (κ2) is 7.27. The zero-order chi connectivity index (χ0) is 19.9. The molecule has 2 aromatic rings. The SMILES string of the molecule is Cc1cc(-c2snnc2[C@H]2CCCN(C(=O)C[C@H]3CC(C)(C)OC3=O)C2)on1.